The van der Waals surface area contributed by atoms with Gasteiger partial charge in [-0.05, 0) is 33.2 Å². The highest BCUT2D eigenvalue weighted by molar-refractivity contribution is 5.73. The molecule has 1 amide bonds. The summed E-state index contributed by atoms with van der Waals surface area (Å²) in [6.07, 6.45) is 3.77. The van der Waals surface area contributed by atoms with E-state index in [4.69, 9.17) is 0 Å². The van der Waals surface area contributed by atoms with Crippen LogP contribution in [0.15, 0.2) is 0 Å². The van der Waals surface area contributed by atoms with E-state index in [1.165, 1.54) is 19.3 Å². The molecule has 14 heavy (non-hydrogen) atoms. The molecule has 1 heterocycles. The second-order valence-corrected chi connectivity index (χ2v) is 4.41. The van der Waals surface area contributed by atoms with Gasteiger partial charge in [-0.15, -0.1) is 0 Å². The number of hydrogen-bond donors (Lipinski definition) is 1. The van der Waals surface area contributed by atoms with Crippen molar-refractivity contribution < 1.29 is 4.79 Å². The van der Waals surface area contributed by atoms with Crippen LogP contribution in [0.4, 0.5) is 0 Å². The second-order valence-electron chi connectivity index (χ2n) is 4.41. The number of carbonyl (C=O) groups is 1. The first-order chi connectivity index (χ1) is 6.61. The monoisotopic (exact) mass is 198 g/mol. The van der Waals surface area contributed by atoms with Gasteiger partial charge in [0.25, 0.3) is 0 Å². The molecule has 0 aliphatic carbocycles. The summed E-state index contributed by atoms with van der Waals surface area (Å²) in [5.74, 6) is 0.187. The Kier molecular flexibility index (Phi) is 4.39. The molecule has 1 aliphatic rings. The first kappa shape index (κ1) is 11.5. The highest BCUT2D eigenvalue weighted by Crippen LogP contribution is 2.10. The van der Waals surface area contributed by atoms with Gasteiger partial charge in [-0.1, -0.05) is 6.42 Å². The van der Waals surface area contributed by atoms with Crippen LogP contribution >= 0.6 is 0 Å². The molecule has 3 nitrogen and oxygen atoms in total. The topological polar surface area (TPSA) is 32.3 Å². The first-order valence-corrected chi connectivity index (χ1v) is 5.62. The van der Waals surface area contributed by atoms with Crippen molar-refractivity contribution in [2.75, 3.05) is 13.1 Å². The number of amides is 1. The molecule has 1 N–H and O–H groups in total. The predicted molar refractivity (Wildman–Crippen MR) is 58.2 cm³/mol. The lowest BCUT2D eigenvalue weighted by molar-refractivity contribution is -0.130. The Bertz CT molecular complexity index is 186. The lowest BCUT2D eigenvalue weighted by Crippen LogP contribution is -2.47. The lowest BCUT2D eigenvalue weighted by atomic mass is 10.0. The average molecular weight is 198 g/mol. The Morgan fingerprint density at radius 2 is 2.21 bits per heavy atom. The van der Waals surface area contributed by atoms with Gasteiger partial charge in [0.2, 0.25) is 5.91 Å². The molecule has 0 radical (unpaired) electrons. The molecule has 0 unspecified atom stereocenters. The van der Waals surface area contributed by atoms with Crippen molar-refractivity contribution in [1.82, 2.24) is 10.2 Å². The third kappa shape index (κ3) is 3.29. The van der Waals surface area contributed by atoms with Crippen molar-refractivity contribution >= 4 is 5.91 Å². The molecule has 1 fully saturated rings. The zero-order chi connectivity index (χ0) is 10.6. The van der Waals surface area contributed by atoms with Crippen LogP contribution in [-0.4, -0.2) is 36.0 Å². The van der Waals surface area contributed by atoms with Crippen LogP contribution in [0.1, 0.15) is 40.0 Å². The van der Waals surface area contributed by atoms with Crippen molar-refractivity contribution in [3.63, 3.8) is 0 Å². The van der Waals surface area contributed by atoms with E-state index in [1.807, 2.05) is 4.90 Å². The van der Waals surface area contributed by atoms with Crippen LogP contribution in [0.2, 0.25) is 0 Å². The average Bonchev–Trinajstić information content (AvgIpc) is 2.15. The van der Waals surface area contributed by atoms with Crippen molar-refractivity contribution in [3.05, 3.63) is 0 Å². The van der Waals surface area contributed by atoms with Crippen LogP contribution in [-0.2, 0) is 4.79 Å². The van der Waals surface area contributed by atoms with Gasteiger partial charge in [0.15, 0.2) is 0 Å². The van der Waals surface area contributed by atoms with Crippen molar-refractivity contribution in [2.24, 2.45) is 0 Å². The SMILES string of the molecule is CC(=O)N(C[C@H]1CCCCN1)C(C)C. The summed E-state index contributed by atoms with van der Waals surface area (Å²) >= 11 is 0. The number of nitrogens with zero attached hydrogens (tertiary/aromatic N) is 1. The minimum atomic E-state index is 0.187. The highest BCUT2D eigenvalue weighted by atomic mass is 16.2. The van der Waals surface area contributed by atoms with E-state index in [0.29, 0.717) is 12.1 Å². The summed E-state index contributed by atoms with van der Waals surface area (Å²) in [5, 5.41) is 3.47. The number of piperidine rings is 1. The summed E-state index contributed by atoms with van der Waals surface area (Å²) in [4.78, 5) is 13.3. The molecule has 0 bridgehead atoms. The van der Waals surface area contributed by atoms with Gasteiger partial charge in [0, 0.05) is 25.6 Å². The van der Waals surface area contributed by atoms with Crippen LogP contribution in [0.3, 0.4) is 0 Å². The largest absolute Gasteiger partial charge is 0.339 e. The van der Waals surface area contributed by atoms with E-state index in [1.54, 1.807) is 6.92 Å². The van der Waals surface area contributed by atoms with E-state index in [0.717, 1.165) is 13.1 Å². The van der Waals surface area contributed by atoms with Gasteiger partial charge in [-0.2, -0.15) is 0 Å². The fourth-order valence-corrected chi connectivity index (χ4v) is 2.02. The smallest absolute Gasteiger partial charge is 0.219 e. The predicted octanol–water partition coefficient (Wildman–Crippen LogP) is 1.39. The maximum atomic E-state index is 11.4. The number of rotatable bonds is 3. The lowest BCUT2D eigenvalue weighted by Gasteiger charge is -2.32. The van der Waals surface area contributed by atoms with Gasteiger partial charge in [0.1, 0.15) is 0 Å². The van der Waals surface area contributed by atoms with Crippen LogP contribution in [0.5, 0.6) is 0 Å². The van der Waals surface area contributed by atoms with Gasteiger partial charge in [-0.3, -0.25) is 4.79 Å². The number of hydrogen-bond acceptors (Lipinski definition) is 2. The Labute approximate surface area is 86.9 Å². The fourth-order valence-electron chi connectivity index (χ4n) is 2.02. The molecule has 1 rings (SSSR count). The zero-order valence-electron chi connectivity index (χ0n) is 9.55. The number of nitrogens with one attached hydrogen (secondary N) is 1. The molecular weight excluding hydrogens is 176 g/mol. The molecule has 0 aromatic carbocycles. The Morgan fingerprint density at radius 3 is 2.64 bits per heavy atom. The Hall–Kier alpha value is -0.570. The standard InChI is InChI=1S/C11H22N2O/c1-9(2)13(10(3)14)8-11-6-4-5-7-12-11/h9,11-12H,4-8H2,1-3H3/t11-/m1/s1. The Morgan fingerprint density at radius 1 is 1.50 bits per heavy atom. The maximum Gasteiger partial charge on any atom is 0.219 e. The summed E-state index contributed by atoms with van der Waals surface area (Å²) in [6, 6.07) is 0.825. The minimum absolute atomic E-state index is 0.187. The molecule has 0 spiro atoms. The third-order valence-corrected chi connectivity index (χ3v) is 2.86. The van der Waals surface area contributed by atoms with Gasteiger partial charge in [0.05, 0.1) is 0 Å². The van der Waals surface area contributed by atoms with E-state index < -0.39 is 0 Å². The highest BCUT2D eigenvalue weighted by Gasteiger charge is 2.19. The second kappa shape index (κ2) is 5.35. The molecule has 1 saturated heterocycles. The van der Waals surface area contributed by atoms with Crippen LogP contribution < -0.4 is 5.32 Å². The molecule has 0 aromatic heterocycles. The fraction of sp³-hybridized carbons (Fsp3) is 0.909. The zero-order valence-corrected chi connectivity index (χ0v) is 9.55. The molecular formula is C11H22N2O. The van der Waals surface area contributed by atoms with E-state index in [9.17, 15) is 4.79 Å². The maximum absolute atomic E-state index is 11.4. The number of carbonyl (C=O) groups excluding carboxylic acids is 1. The third-order valence-electron chi connectivity index (χ3n) is 2.86. The summed E-state index contributed by atoms with van der Waals surface area (Å²) in [6.45, 7) is 7.78. The van der Waals surface area contributed by atoms with Crippen molar-refractivity contribution in [3.8, 4) is 0 Å². The van der Waals surface area contributed by atoms with Crippen molar-refractivity contribution in [2.45, 2.75) is 52.1 Å². The first-order valence-electron chi connectivity index (χ1n) is 5.62. The molecule has 1 aliphatic heterocycles. The van der Waals surface area contributed by atoms with Crippen LogP contribution in [0.25, 0.3) is 0 Å². The quantitative estimate of drug-likeness (QED) is 0.743. The van der Waals surface area contributed by atoms with E-state index in [-0.39, 0.29) is 5.91 Å². The van der Waals surface area contributed by atoms with E-state index in [2.05, 4.69) is 19.2 Å². The molecule has 82 valence electrons. The van der Waals surface area contributed by atoms with Crippen molar-refractivity contribution in [1.29, 1.82) is 0 Å². The normalized spacial score (nSPS) is 22.4. The molecule has 0 aromatic rings. The van der Waals surface area contributed by atoms with Gasteiger partial charge in [-0.25, -0.2) is 0 Å². The van der Waals surface area contributed by atoms with Gasteiger partial charge < -0.3 is 10.2 Å². The summed E-state index contributed by atoms with van der Waals surface area (Å²) in [5.41, 5.74) is 0. The molecule has 1 atom stereocenters. The van der Waals surface area contributed by atoms with Crippen LogP contribution in [0, 0.1) is 0 Å². The summed E-state index contributed by atoms with van der Waals surface area (Å²) in [7, 11) is 0. The van der Waals surface area contributed by atoms with Gasteiger partial charge >= 0.3 is 0 Å². The minimum Gasteiger partial charge on any atom is -0.339 e. The summed E-state index contributed by atoms with van der Waals surface area (Å²) < 4.78 is 0. The van der Waals surface area contributed by atoms with E-state index >= 15 is 0 Å². The molecule has 0 saturated carbocycles. The molecule has 3 heteroatoms. The Balaban J connectivity index is 2.41.